The number of furan rings is 1. The van der Waals surface area contributed by atoms with Gasteiger partial charge in [0.25, 0.3) is 11.6 Å². The van der Waals surface area contributed by atoms with Crippen molar-refractivity contribution >= 4 is 35.2 Å². The van der Waals surface area contributed by atoms with E-state index in [0.29, 0.717) is 17.1 Å². The van der Waals surface area contributed by atoms with Crippen LogP contribution in [0.5, 0.6) is 0 Å². The number of nitrogens with one attached hydrogen (secondary N) is 1. The number of hydrogen-bond donors (Lipinski definition) is 2. The summed E-state index contributed by atoms with van der Waals surface area (Å²) in [7, 11) is 0. The topological polar surface area (TPSA) is 163 Å². The number of hydrazone groups is 1. The molecule has 12 heteroatoms. The fourth-order valence-electron chi connectivity index (χ4n) is 1.94. The fraction of sp³-hybridized carbons (Fsp3) is 0. The zero-order valence-corrected chi connectivity index (χ0v) is 13.5. The molecule has 1 aromatic carbocycles. The van der Waals surface area contributed by atoms with E-state index in [0.717, 1.165) is 0 Å². The summed E-state index contributed by atoms with van der Waals surface area (Å²) in [5.74, 6) is -0.181. The van der Waals surface area contributed by atoms with Crippen molar-refractivity contribution in [1.82, 2.24) is 15.7 Å². The molecule has 0 saturated heterocycles. The molecule has 3 rings (SSSR count). The van der Waals surface area contributed by atoms with Crippen LogP contribution in [0.4, 0.5) is 11.5 Å². The Labute approximate surface area is 149 Å². The molecule has 0 aliphatic rings. The van der Waals surface area contributed by atoms with Gasteiger partial charge in [0.15, 0.2) is 0 Å². The minimum Gasteiger partial charge on any atom is -0.455 e. The number of nitro groups is 1. The second-order valence-electron chi connectivity index (χ2n) is 4.82. The van der Waals surface area contributed by atoms with E-state index in [1.54, 1.807) is 12.1 Å². The number of aromatic nitrogens is 2. The standard InChI is InChI=1S/C14H9ClN6O5/c15-10-5-7(21(23)24)1-3-9(10)11-4-2-8(25-11)6-17-18-14(22)12-13(16)20-26-19-12/h1-6H,(H2,16,20)(H,18,22)/b17-6+. The quantitative estimate of drug-likeness (QED) is 0.389. The molecule has 3 N–H and O–H groups in total. The first-order valence-corrected chi connectivity index (χ1v) is 7.29. The van der Waals surface area contributed by atoms with Crippen molar-refractivity contribution in [3.05, 3.63) is 56.9 Å². The summed E-state index contributed by atoms with van der Waals surface area (Å²) in [5, 5.41) is 21.2. The zero-order chi connectivity index (χ0) is 18.7. The molecule has 2 heterocycles. The lowest BCUT2D eigenvalue weighted by molar-refractivity contribution is -0.384. The van der Waals surface area contributed by atoms with Crippen LogP contribution in [0.3, 0.4) is 0 Å². The molecule has 0 bridgehead atoms. The van der Waals surface area contributed by atoms with Crippen molar-refractivity contribution in [1.29, 1.82) is 0 Å². The van der Waals surface area contributed by atoms with Gasteiger partial charge in [0.2, 0.25) is 11.5 Å². The molecular weight excluding hydrogens is 368 g/mol. The van der Waals surface area contributed by atoms with Crippen LogP contribution in [0.1, 0.15) is 16.2 Å². The molecule has 3 aromatic rings. The molecule has 11 nitrogen and oxygen atoms in total. The number of nitro benzene ring substituents is 1. The first-order chi connectivity index (χ1) is 12.5. The van der Waals surface area contributed by atoms with Gasteiger partial charge in [0, 0.05) is 17.7 Å². The lowest BCUT2D eigenvalue weighted by atomic mass is 10.1. The summed E-state index contributed by atoms with van der Waals surface area (Å²) in [6.07, 6.45) is 1.24. The number of nitrogen functional groups attached to an aromatic ring is 1. The van der Waals surface area contributed by atoms with E-state index in [1.807, 2.05) is 0 Å². The Morgan fingerprint density at radius 3 is 2.81 bits per heavy atom. The summed E-state index contributed by atoms with van der Waals surface area (Å²) < 4.78 is 9.83. The summed E-state index contributed by atoms with van der Waals surface area (Å²) in [4.78, 5) is 21.9. The van der Waals surface area contributed by atoms with Gasteiger partial charge in [-0.1, -0.05) is 11.6 Å². The summed E-state index contributed by atoms with van der Waals surface area (Å²) in [6, 6.07) is 7.20. The molecule has 0 unspecified atom stereocenters. The number of halogens is 1. The van der Waals surface area contributed by atoms with Gasteiger partial charge in [-0.3, -0.25) is 14.9 Å². The molecule has 0 atom stereocenters. The molecule has 0 spiro atoms. The van der Waals surface area contributed by atoms with Gasteiger partial charge >= 0.3 is 0 Å². The molecule has 2 aromatic heterocycles. The van der Waals surface area contributed by atoms with Crippen LogP contribution >= 0.6 is 11.6 Å². The highest BCUT2D eigenvalue weighted by Crippen LogP contribution is 2.31. The maximum Gasteiger partial charge on any atom is 0.297 e. The number of carbonyl (C=O) groups is 1. The highest BCUT2D eigenvalue weighted by molar-refractivity contribution is 6.33. The van der Waals surface area contributed by atoms with Crippen molar-refractivity contribution in [2.75, 3.05) is 5.73 Å². The summed E-state index contributed by atoms with van der Waals surface area (Å²) >= 11 is 6.05. The molecule has 1 amide bonds. The highest BCUT2D eigenvalue weighted by atomic mass is 35.5. The Morgan fingerprint density at radius 2 is 2.15 bits per heavy atom. The van der Waals surface area contributed by atoms with Gasteiger partial charge in [-0.25, -0.2) is 10.1 Å². The van der Waals surface area contributed by atoms with Crippen LogP contribution in [0, 0.1) is 10.1 Å². The Kier molecular flexibility index (Phi) is 4.62. The summed E-state index contributed by atoms with van der Waals surface area (Å²) in [5.41, 5.74) is 7.72. The molecule has 0 radical (unpaired) electrons. The lowest BCUT2D eigenvalue weighted by Crippen LogP contribution is -2.19. The Bertz CT molecular complexity index is 1010. The minimum atomic E-state index is -0.704. The maximum absolute atomic E-state index is 11.7. The molecule has 0 aliphatic carbocycles. The molecule has 132 valence electrons. The number of non-ortho nitro benzene ring substituents is 1. The van der Waals surface area contributed by atoms with Crippen LogP contribution in [0.2, 0.25) is 5.02 Å². The van der Waals surface area contributed by atoms with Crippen LogP contribution in [0.25, 0.3) is 11.3 Å². The number of nitrogens with zero attached hydrogens (tertiary/aromatic N) is 4. The molecule has 0 saturated carbocycles. The number of nitrogens with two attached hydrogens (primary N) is 1. The van der Waals surface area contributed by atoms with Crippen LogP contribution < -0.4 is 11.2 Å². The summed E-state index contributed by atoms with van der Waals surface area (Å²) in [6.45, 7) is 0. The Balaban J connectivity index is 1.71. The highest BCUT2D eigenvalue weighted by Gasteiger charge is 2.15. The Morgan fingerprint density at radius 1 is 1.35 bits per heavy atom. The largest absolute Gasteiger partial charge is 0.455 e. The molecule has 0 aliphatic heterocycles. The fourth-order valence-corrected chi connectivity index (χ4v) is 2.21. The SMILES string of the molecule is Nc1nonc1C(=O)N/N=C/c1ccc(-c2ccc([N+](=O)[O-])cc2Cl)o1. The van der Waals surface area contributed by atoms with Crippen molar-refractivity contribution in [3.63, 3.8) is 0 Å². The lowest BCUT2D eigenvalue weighted by Gasteiger charge is -2.00. The van der Waals surface area contributed by atoms with E-state index in [9.17, 15) is 14.9 Å². The molecule has 0 fully saturated rings. The van der Waals surface area contributed by atoms with Crippen molar-refractivity contribution in [2.45, 2.75) is 0 Å². The van der Waals surface area contributed by atoms with Crippen LogP contribution in [-0.4, -0.2) is 27.4 Å². The third-order valence-corrected chi connectivity index (χ3v) is 3.46. The van der Waals surface area contributed by atoms with Gasteiger partial charge in [-0.2, -0.15) is 5.10 Å². The second-order valence-corrected chi connectivity index (χ2v) is 5.23. The van der Waals surface area contributed by atoms with E-state index >= 15 is 0 Å². The van der Waals surface area contributed by atoms with Gasteiger partial charge < -0.3 is 10.2 Å². The van der Waals surface area contributed by atoms with E-state index in [4.69, 9.17) is 21.8 Å². The Hall–Kier alpha value is -3.73. The average molecular weight is 377 g/mol. The zero-order valence-electron chi connectivity index (χ0n) is 12.7. The average Bonchev–Trinajstić information content (AvgIpc) is 3.23. The van der Waals surface area contributed by atoms with Crippen molar-refractivity contribution in [2.24, 2.45) is 5.10 Å². The van der Waals surface area contributed by atoms with Gasteiger partial charge in [-0.15, -0.1) is 0 Å². The van der Waals surface area contributed by atoms with Crippen molar-refractivity contribution in [3.8, 4) is 11.3 Å². The normalized spacial score (nSPS) is 11.0. The number of amides is 1. The molecule has 26 heavy (non-hydrogen) atoms. The third-order valence-electron chi connectivity index (χ3n) is 3.14. The van der Waals surface area contributed by atoms with Gasteiger partial charge in [0.1, 0.15) is 11.5 Å². The van der Waals surface area contributed by atoms with E-state index < -0.39 is 10.8 Å². The van der Waals surface area contributed by atoms with Crippen molar-refractivity contribution < 1.29 is 18.8 Å². The number of rotatable bonds is 5. The minimum absolute atomic E-state index is 0.128. The first-order valence-electron chi connectivity index (χ1n) is 6.91. The number of anilines is 1. The maximum atomic E-state index is 11.7. The third kappa shape index (κ3) is 3.52. The number of hydrogen-bond acceptors (Lipinski definition) is 9. The van der Waals surface area contributed by atoms with E-state index in [2.05, 4.69) is 25.5 Å². The monoisotopic (exact) mass is 376 g/mol. The van der Waals surface area contributed by atoms with E-state index in [1.165, 1.54) is 24.4 Å². The van der Waals surface area contributed by atoms with Gasteiger partial charge in [0.05, 0.1) is 16.2 Å². The number of carbonyl (C=O) groups excluding carboxylic acids is 1. The predicted molar refractivity (Wildman–Crippen MR) is 89.6 cm³/mol. The molecular formula is C14H9ClN6O5. The smallest absolute Gasteiger partial charge is 0.297 e. The van der Waals surface area contributed by atoms with Crippen LogP contribution in [-0.2, 0) is 0 Å². The second kappa shape index (κ2) is 7.03. The first kappa shape index (κ1) is 17.1. The number of benzene rings is 1. The van der Waals surface area contributed by atoms with Crippen LogP contribution in [0.15, 0.2) is 44.5 Å². The predicted octanol–water partition coefficient (Wildman–Crippen LogP) is 2.24. The van der Waals surface area contributed by atoms with Gasteiger partial charge in [-0.05, 0) is 28.5 Å². The van der Waals surface area contributed by atoms with E-state index in [-0.39, 0.29) is 22.2 Å².